The highest BCUT2D eigenvalue weighted by molar-refractivity contribution is 6.39. The molecule has 10 heteroatoms. The van der Waals surface area contributed by atoms with Crippen molar-refractivity contribution in [3.8, 4) is 17.0 Å². The fourth-order valence-electron chi connectivity index (χ4n) is 6.52. The number of hydrogen-bond donors (Lipinski definition) is 1. The maximum atomic E-state index is 11.8. The second-order valence-corrected chi connectivity index (χ2v) is 13.1. The van der Waals surface area contributed by atoms with E-state index in [1.54, 1.807) is 18.5 Å². The normalized spacial score (nSPS) is 19.8. The molecule has 0 atom stereocenters. The number of halogens is 2. The largest absolute Gasteiger partial charge is 0.490 e. The van der Waals surface area contributed by atoms with Crippen molar-refractivity contribution < 1.29 is 14.1 Å². The molecule has 1 amide bonds. The number of nitrogens with zero attached hydrogens (tertiary/aromatic N) is 4. The number of primary amides is 1. The lowest BCUT2D eigenvalue weighted by molar-refractivity contribution is 0.0486. The molecule has 0 unspecified atom stereocenters. The number of benzene rings is 1. The van der Waals surface area contributed by atoms with Crippen LogP contribution >= 0.6 is 23.2 Å². The number of nitrogens with two attached hydrogens (primary N) is 1. The summed E-state index contributed by atoms with van der Waals surface area (Å²) >= 11 is 12.9. The number of anilines is 1. The SMILES string of the molecule is NC(=O)c1cc(OC2CC2)c2cc(N3CC4(CC(/C=C/c5c(-c6c(Cl)cncc6Cl)noc5C5CC5)C4)C3)ccc2n1. The van der Waals surface area contributed by atoms with E-state index in [1.807, 2.05) is 6.07 Å². The van der Waals surface area contributed by atoms with E-state index in [2.05, 4.69) is 44.3 Å². The number of ether oxygens (including phenoxy) is 1. The van der Waals surface area contributed by atoms with E-state index in [9.17, 15) is 4.79 Å². The molecule has 2 N–H and O–H groups in total. The van der Waals surface area contributed by atoms with Crippen molar-refractivity contribution in [1.82, 2.24) is 15.1 Å². The lowest BCUT2D eigenvalue weighted by atomic mass is 9.57. The van der Waals surface area contributed by atoms with Crippen molar-refractivity contribution in [2.45, 2.75) is 50.5 Å². The molecule has 3 aliphatic carbocycles. The molecule has 8 nitrogen and oxygen atoms in total. The van der Waals surface area contributed by atoms with Crippen molar-refractivity contribution in [3.05, 3.63) is 69.8 Å². The van der Waals surface area contributed by atoms with Gasteiger partial charge in [-0.15, -0.1) is 0 Å². The van der Waals surface area contributed by atoms with E-state index >= 15 is 0 Å². The molecule has 214 valence electrons. The molecule has 1 aliphatic heterocycles. The smallest absolute Gasteiger partial charge is 0.267 e. The standard InChI is InChI=1S/C32H29Cl2N5O3/c33-23-13-36-14-24(34)28(23)29-21(30(42-38-29)18-2-3-18)7-1-17-11-32(12-17)15-39(16-32)19-4-8-25-22(9-19)27(41-20-5-6-20)10-26(37-25)31(35)40/h1,4,7-10,13-14,17-18,20H,2-3,5-6,11-12,15-16H2,(H2,35,40)/b7-1+. The fourth-order valence-corrected chi connectivity index (χ4v) is 7.07. The molecule has 3 aromatic heterocycles. The Bertz CT molecular complexity index is 1740. The zero-order chi connectivity index (χ0) is 28.6. The molecular weight excluding hydrogens is 573 g/mol. The van der Waals surface area contributed by atoms with Crippen molar-refractivity contribution in [1.29, 1.82) is 0 Å². The molecule has 1 aromatic carbocycles. The summed E-state index contributed by atoms with van der Waals surface area (Å²) in [6, 6.07) is 7.85. The van der Waals surface area contributed by atoms with Crippen molar-refractivity contribution >= 4 is 51.8 Å². The summed E-state index contributed by atoms with van der Waals surface area (Å²) < 4.78 is 11.9. The Labute approximate surface area is 252 Å². The Morgan fingerprint density at radius 3 is 2.55 bits per heavy atom. The van der Waals surface area contributed by atoms with Gasteiger partial charge in [0.2, 0.25) is 0 Å². The van der Waals surface area contributed by atoms with Crippen LogP contribution in [0.5, 0.6) is 5.75 Å². The van der Waals surface area contributed by atoms with Crippen LogP contribution in [0.1, 0.15) is 66.3 Å². The third-order valence-corrected chi connectivity index (χ3v) is 9.54. The number of rotatable bonds is 8. The van der Waals surface area contributed by atoms with E-state index < -0.39 is 5.91 Å². The highest BCUT2D eigenvalue weighted by atomic mass is 35.5. The zero-order valence-corrected chi connectivity index (χ0v) is 24.4. The van der Waals surface area contributed by atoms with Gasteiger partial charge in [0.25, 0.3) is 5.91 Å². The summed E-state index contributed by atoms with van der Waals surface area (Å²) in [4.78, 5) is 22.8. The van der Waals surface area contributed by atoms with Gasteiger partial charge in [-0.3, -0.25) is 9.78 Å². The zero-order valence-electron chi connectivity index (χ0n) is 22.9. The van der Waals surface area contributed by atoms with Gasteiger partial charge in [-0.2, -0.15) is 0 Å². The lowest BCUT2D eigenvalue weighted by Gasteiger charge is -2.59. The quantitative estimate of drug-likeness (QED) is 0.231. The summed E-state index contributed by atoms with van der Waals surface area (Å²) in [6.07, 6.45) is 14.4. The number of carbonyl (C=O) groups is 1. The molecule has 0 radical (unpaired) electrons. The third-order valence-electron chi connectivity index (χ3n) is 8.96. The Balaban J connectivity index is 0.973. The van der Waals surface area contributed by atoms with E-state index in [1.165, 1.54) is 0 Å². The second-order valence-electron chi connectivity index (χ2n) is 12.3. The van der Waals surface area contributed by atoms with E-state index in [0.29, 0.717) is 44.3 Å². The summed E-state index contributed by atoms with van der Waals surface area (Å²) in [5, 5.41) is 6.24. The first-order valence-electron chi connectivity index (χ1n) is 14.5. The fraction of sp³-hybridized carbons (Fsp3) is 0.375. The van der Waals surface area contributed by atoms with Gasteiger partial charge in [0, 0.05) is 65.1 Å². The molecule has 1 spiro atoms. The predicted octanol–water partition coefficient (Wildman–Crippen LogP) is 7.04. The van der Waals surface area contributed by atoms with Gasteiger partial charge >= 0.3 is 0 Å². The van der Waals surface area contributed by atoms with Crippen LogP contribution in [-0.4, -0.2) is 40.2 Å². The molecule has 4 heterocycles. The average molecular weight is 603 g/mol. The summed E-state index contributed by atoms with van der Waals surface area (Å²) in [5.74, 6) is 1.97. The monoisotopic (exact) mass is 601 g/mol. The van der Waals surface area contributed by atoms with E-state index in [0.717, 1.165) is 79.5 Å². The Hall–Kier alpha value is -3.62. The summed E-state index contributed by atoms with van der Waals surface area (Å²) in [5.41, 5.74) is 10.3. The molecule has 4 aliphatic rings. The number of hydrogen-bond acceptors (Lipinski definition) is 7. The molecule has 42 heavy (non-hydrogen) atoms. The van der Waals surface area contributed by atoms with Crippen LogP contribution in [-0.2, 0) is 0 Å². The number of pyridine rings is 2. The molecule has 4 aromatic rings. The minimum Gasteiger partial charge on any atom is -0.490 e. The van der Waals surface area contributed by atoms with Gasteiger partial charge in [0.05, 0.1) is 21.7 Å². The topological polar surface area (TPSA) is 107 Å². The van der Waals surface area contributed by atoms with Gasteiger partial charge < -0.3 is 19.9 Å². The van der Waals surface area contributed by atoms with E-state index in [-0.39, 0.29) is 11.8 Å². The number of aromatic nitrogens is 3. The molecular formula is C32H29Cl2N5O3. The van der Waals surface area contributed by atoms with Crippen LogP contribution < -0.4 is 15.4 Å². The lowest BCUT2D eigenvalue weighted by Crippen LogP contribution is -2.62. The van der Waals surface area contributed by atoms with Gasteiger partial charge in [-0.1, -0.05) is 40.5 Å². The molecule has 0 bridgehead atoms. The van der Waals surface area contributed by atoms with Crippen molar-refractivity contribution in [2.24, 2.45) is 17.1 Å². The van der Waals surface area contributed by atoms with E-state index in [4.69, 9.17) is 38.2 Å². The molecule has 8 rings (SSSR count). The van der Waals surface area contributed by atoms with Gasteiger partial charge in [-0.25, -0.2) is 4.98 Å². The maximum absolute atomic E-state index is 11.8. The van der Waals surface area contributed by atoms with Crippen LogP contribution in [0.15, 0.2) is 47.3 Å². The second kappa shape index (κ2) is 9.71. The molecule has 4 fully saturated rings. The highest BCUT2D eigenvalue weighted by Gasteiger charge is 2.51. The van der Waals surface area contributed by atoms with Gasteiger partial charge in [0.1, 0.15) is 22.9 Å². The number of fused-ring (bicyclic) bond motifs is 1. The van der Waals surface area contributed by atoms with Crippen LogP contribution in [0.25, 0.3) is 28.2 Å². The molecule has 1 saturated heterocycles. The minimum absolute atomic E-state index is 0.208. The third kappa shape index (κ3) is 4.61. The van der Waals surface area contributed by atoms with Crippen molar-refractivity contribution in [3.63, 3.8) is 0 Å². The van der Waals surface area contributed by atoms with Gasteiger partial charge in [-0.05, 0) is 62.6 Å². The number of amides is 1. The van der Waals surface area contributed by atoms with Gasteiger partial charge in [0.15, 0.2) is 0 Å². The predicted molar refractivity (Wildman–Crippen MR) is 162 cm³/mol. The maximum Gasteiger partial charge on any atom is 0.267 e. The first-order chi connectivity index (χ1) is 20.4. The summed E-state index contributed by atoms with van der Waals surface area (Å²) in [6.45, 7) is 2.03. The van der Waals surface area contributed by atoms with Crippen LogP contribution in [0.4, 0.5) is 5.69 Å². The first kappa shape index (κ1) is 26.0. The first-order valence-corrected chi connectivity index (χ1v) is 15.2. The van der Waals surface area contributed by atoms with Crippen LogP contribution in [0.3, 0.4) is 0 Å². The highest BCUT2D eigenvalue weighted by Crippen LogP contribution is 2.54. The Morgan fingerprint density at radius 2 is 1.86 bits per heavy atom. The Morgan fingerprint density at radius 1 is 1.10 bits per heavy atom. The molecule has 3 saturated carbocycles. The summed E-state index contributed by atoms with van der Waals surface area (Å²) in [7, 11) is 0. The van der Waals surface area contributed by atoms with Crippen LogP contribution in [0.2, 0.25) is 10.0 Å². The number of carbonyl (C=O) groups excluding carboxylic acids is 1. The Kier molecular flexibility index (Phi) is 6.02. The van der Waals surface area contributed by atoms with Crippen LogP contribution in [0, 0.1) is 11.3 Å². The van der Waals surface area contributed by atoms with Crippen molar-refractivity contribution in [2.75, 3.05) is 18.0 Å². The average Bonchev–Trinajstić information content (AvgIpc) is 3.86. The number of allylic oxidation sites excluding steroid dienone is 1. The minimum atomic E-state index is -0.547.